The molecule has 3 aromatic carbocycles. The summed E-state index contributed by atoms with van der Waals surface area (Å²) in [5.41, 5.74) is 5.39. The molecular formula is C28H27N3O5. The standard InChI is InChI=1S/C28H27N3O5/c1-16-8-9-18(13-23(16)31(33)34)28-27-22(29-20-6-4-5-7-21(20)30-28)12-19(14-24(27)32)17-10-11-25(35-2)26(15-17)36-3/h4-11,13,15,19,28-30H,12,14H2,1-3H3/t19-,28-/m1/s1. The minimum Gasteiger partial charge on any atom is -0.493 e. The zero-order valence-corrected chi connectivity index (χ0v) is 20.3. The van der Waals surface area contributed by atoms with Gasteiger partial charge in [-0.3, -0.25) is 14.9 Å². The van der Waals surface area contributed by atoms with Crippen LogP contribution >= 0.6 is 0 Å². The van der Waals surface area contributed by atoms with E-state index >= 15 is 0 Å². The van der Waals surface area contributed by atoms with E-state index in [0.717, 1.165) is 22.6 Å². The Morgan fingerprint density at radius 2 is 1.64 bits per heavy atom. The molecule has 5 rings (SSSR count). The summed E-state index contributed by atoms with van der Waals surface area (Å²) >= 11 is 0. The Hall–Kier alpha value is -4.33. The molecule has 8 heteroatoms. The maximum Gasteiger partial charge on any atom is 0.272 e. The highest BCUT2D eigenvalue weighted by molar-refractivity contribution is 6.01. The summed E-state index contributed by atoms with van der Waals surface area (Å²) in [4.78, 5) is 25.0. The summed E-state index contributed by atoms with van der Waals surface area (Å²) in [6.45, 7) is 1.71. The number of ketones is 1. The molecule has 0 saturated heterocycles. The average Bonchev–Trinajstić information content (AvgIpc) is 3.05. The van der Waals surface area contributed by atoms with Crippen LogP contribution in [0.15, 0.2) is 71.9 Å². The Morgan fingerprint density at radius 1 is 0.917 bits per heavy atom. The highest BCUT2D eigenvalue weighted by Crippen LogP contribution is 2.45. The number of allylic oxidation sites excluding steroid dienone is 1. The Kier molecular flexibility index (Phi) is 6.10. The SMILES string of the molecule is COc1ccc([C@H]2CC(=O)C3=C(C2)Nc2ccccc2N[C@@H]3c2ccc(C)c([N+](=O)[O-])c2)cc1OC. The first-order chi connectivity index (χ1) is 17.4. The molecule has 1 heterocycles. The van der Waals surface area contributed by atoms with Gasteiger partial charge in [0.2, 0.25) is 0 Å². The second kappa shape index (κ2) is 9.37. The fourth-order valence-corrected chi connectivity index (χ4v) is 5.09. The second-order valence-electron chi connectivity index (χ2n) is 9.09. The monoisotopic (exact) mass is 485 g/mol. The molecule has 0 spiro atoms. The number of fused-ring (bicyclic) bond motifs is 1. The van der Waals surface area contributed by atoms with Gasteiger partial charge in [-0.2, -0.15) is 0 Å². The van der Waals surface area contributed by atoms with E-state index in [4.69, 9.17) is 9.47 Å². The summed E-state index contributed by atoms with van der Waals surface area (Å²) in [5.74, 6) is 1.20. The van der Waals surface area contributed by atoms with E-state index in [1.165, 1.54) is 0 Å². The molecule has 0 radical (unpaired) electrons. The number of nitrogens with one attached hydrogen (secondary N) is 2. The first-order valence-corrected chi connectivity index (χ1v) is 11.7. The number of rotatable bonds is 5. The van der Waals surface area contributed by atoms with E-state index < -0.39 is 6.04 Å². The highest BCUT2D eigenvalue weighted by Gasteiger charge is 2.36. The lowest BCUT2D eigenvalue weighted by atomic mass is 9.78. The van der Waals surface area contributed by atoms with E-state index in [-0.39, 0.29) is 22.3 Å². The van der Waals surface area contributed by atoms with E-state index in [2.05, 4.69) is 10.6 Å². The number of carbonyl (C=O) groups excluding carboxylic acids is 1. The number of carbonyl (C=O) groups is 1. The third-order valence-corrected chi connectivity index (χ3v) is 6.95. The number of hydrogen-bond donors (Lipinski definition) is 2. The number of anilines is 2. The first kappa shape index (κ1) is 23.4. The van der Waals surface area contributed by atoms with Crippen LogP contribution in [0, 0.1) is 17.0 Å². The molecular weight excluding hydrogens is 458 g/mol. The lowest BCUT2D eigenvalue weighted by Crippen LogP contribution is -2.27. The molecule has 1 aliphatic heterocycles. The summed E-state index contributed by atoms with van der Waals surface area (Å²) in [6, 6.07) is 18.1. The number of benzene rings is 3. The van der Waals surface area contributed by atoms with Gasteiger partial charge in [-0.25, -0.2) is 0 Å². The molecule has 2 atom stereocenters. The smallest absolute Gasteiger partial charge is 0.272 e. The number of Topliss-reactive ketones (excluding diaryl/α,β-unsaturated/α-hetero) is 1. The lowest BCUT2D eigenvalue weighted by Gasteiger charge is -2.30. The van der Waals surface area contributed by atoms with Crippen molar-refractivity contribution in [3.05, 3.63) is 98.7 Å². The Balaban J connectivity index is 1.60. The van der Waals surface area contributed by atoms with Crippen molar-refractivity contribution >= 4 is 22.8 Å². The zero-order valence-electron chi connectivity index (χ0n) is 20.3. The number of hydrogen-bond acceptors (Lipinski definition) is 7. The summed E-state index contributed by atoms with van der Waals surface area (Å²) in [6.07, 6.45) is 0.926. The number of aryl methyl sites for hydroxylation is 1. The maximum absolute atomic E-state index is 13.7. The Morgan fingerprint density at radius 3 is 2.36 bits per heavy atom. The maximum atomic E-state index is 13.7. The minimum absolute atomic E-state index is 0.00271. The van der Waals surface area contributed by atoms with Crippen LogP contribution in [0.2, 0.25) is 0 Å². The fourth-order valence-electron chi connectivity index (χ4n) is 5.09. The van der Waals surface area contributed by atoms with Crippen LogP contribution in [-0.2, 0) is 4.79 Å². The fraction of sp³-hybridized carbons (Fsp3) is 0.250. The normalized spacial score (nSPS) is 18.8. The number of nitro groups is 1. The van der Waals surface area contributed by atoms with E-state index in [9.17, 15) is 14.9 Å². The number of ether oxygens (including phenoxy) is 2. The van der Waals surface area contributed by atoms with E-state index in [0.29, 0.717) is 41.0 Å². The molecule has 0 saturated carbocycles. The van der Waals surface area contributed by atoms with E-state index in [1.54, 1.807) is 33.3 Å². The van der Waals surface area contributed by atoms with Gasteiger partial charge in [-0.1, -0.05) is 30.3 Å². The van der Waals surface area contributed by atoms with Crippen LogP contribution in [0.25, 0.3) is 0 Å². The van der Waals surface area contributed by atoms with Crippen molar-refractivity contribution in [3.8, 4) is 11.5 Å². The Labute approximate surface area is 209 Å². The second-order valence-corrected chi connectivity index (χ2v) is 9.09. The van der Waals surface area contributed by atoms with Crippen molar-refractivity contribution in [2.45, 2.75) is 31.7 Å². The predicted octanol–water partition coefficient (Wildman–Crippen LogP) is 5.90. The molecule has 184 valence electrons. The number of para-hydroxylation sites is 2. The van der Waals surface area contributed by atoms with Gasteiger partial charge in [0.25, 0.3) is 5.69 Å². The van der Waals surface area contributed by atoms with Gasteiger partial charge in [0.1, 0.15) is 0 Å². The van der Waals surface area contributed by atoms with Crippen LogP contribution in [0.5, 0.6) is 11.5 Å². The van der Waals surface area contributed by atoms with Crippen molar-refractivity contribution in [2.24, 2.45) is 0 Å². The van der Waals surface area contributed by atoms with Crippen LogP contribution in [0.4, 0.5) is 17.1 Å². The van der Waals surface area contributed by atoms with Crippen molar-refractivity contribution in [3.63, 3.8) is 0 Å². The van der Waals surface area contributed by atoms with Gasteiger partial charge in [-0.15, -0.1) is 0 Å². The van der Waals surface area contributed by atoms with Gasteiger partial charge in [0.05, 0.1) is 36.6 Å². The molecule has 0 amide bonds. The molecule has 2 aliphatic rings. The van der Waals surface area contributed by atoms with Crippen LogP contribution in [0.3, 0.4) is 0 Å². The molecule has 2 N–H and O–H groups in total. The Bertz CT molecular complexity index is 1400. The first-order valence-electron chi connectivity index (χ1n) is 11.7. The molecule has 0 aromatic heterocycles. The van der Waals surface area contributed by atoms with Crippen molar-refractivity contribution < 1.29 is 19.2 Å². The summed E-state index contributed by atoms with van der Waals surface area (Å²) in [5, 5.41) is 18.6. The van der Waals surface area contributed by atoms with Crippen LogP contribution < -0.4 is 20.1 Å². The zero-order chi connectivity index (χ0) is 25.4. The summed E-state index contributed by atoms with van der Waals surface area (Å²) < 4.78 is 10.8. The third-order valence-electron chi connectivity index (χ3n) is 6.95. The largest absolute Gasteiger partial charge is 0.493 e. The minimum atomic E-state index is -0.519. The van der Waals surface area contributed by atoms with Gasteiger partial charge >= 0.3 is 0 Å². The lowest BCUT2D eigenvalue weighted by molar-refractivity contribution is -0.385. The third kappa shape index (κ3) is 4.15. The highest BCUT2D eigenvalue weighted by atomic mass is 16.6. The van der Waals surface area contributed by atoms with Gasteiger partial charge in [-0.05, 0) is 54.7 Å². The number of nitrogens with zero attached hydrogens (tertiary/aromatic N) is 1. The number of methoxy groups -OCH3 is 2. The summed E-state index contributed by atoms with van der Waals surface area (Å²) in [7, 11) is 3.18. The topological polar surface area (TPSA) is 103 Å². The van der Waals surface area contributed by atoms with Gasteiger partial charge in [0.15, 0.2) is 17.3 Å². The van der Waals surface area contributed by atoms with Crippen molar-refractivity contribution in [2.75, 3.05) is 24.9 Å². The molecule has 0 fully saturated rings. The predicted molar refractivity (Wildman–Crippen MR) is 138 cm³/mol. The van der Waals surface area contributed by atoms with Crippen molar-refractivity contribution in [1.82, 2.24) is 0 Å². The molecule has 0 unspecified atom stereocenters. The van der Waals surface area contributed by atoms with Crippen LogP contribution in [-0.4, -0.2) is 24.9 Å². The average molecular weight is 486 g/mol. The quantitative estimate of drug-likeness (QED) is 0.343. The number of nitro benzene ring substituents is 1. The van der Waals surface area contributed by atoms with Gasteiger partial charge < -0.3 is 20.1 Å². The molecule has 8 nitrogen and oxygen atoms in total. The molecule has 3 aromatic rings. The van der Waals surface area contributed by atoms with Crippen LogP contribution in [0.1, 0.15) is 41.5 Å². The molecule has 0 bridgehead atoms. The van der Waals surface area contributed by atoms with E-state index in [1.807, 2.05) is 48.5 Å². The molecule has 36 heavy (non-hydrogen) atoms. The molecule has 1 aliphatic carbocycles. The van der Waals surface area contributed by atoms with Gasteiger partial charge in [0, 0.05) is 29.3 Å². The van der Waals surface area contributed by atoms with Crippen molar-refractivity contribution in [1.29, 1.82) is 0 Å².